The van der Waals surface area contributed by atoms with Gasteiger partial charge in [-0.1, -0.05) is 73.2 Å². The van der Waals surface area contributed by atoms with E-state index in [2.05, 4.69) is 12.2 Å². The van der Waals surface area contributed by atoms with Crippen LogP contribution in [0.3, 0.4) is 0 Å². The Bertz CT molecular complexity index is 1430. The average Bonchev–Trinajstić information content (AvgIpc) is 3.38. The molecule has 1 saturated heterocycles. The number of para-hydroxylation sites is 1. The number of aromatic nitrogens is 2. The molecule has 3 aromatic carbocycles. The van der Waals surface area contributed by atoms with Gasteiger partial charge in [-0.05, 0) is 56.0 Å². The van der Waals surface area contributed by atoms with Gasteiger partial charge >= 0.3 is 0 Å². The minimum Gasteiger partial charge on any atom is -0.337 e. The Balaban J connectivity index is 1.57. The molecule has 4 aromatic rings. The molecule has 0 spiro atoms. The lowest BCUT2D eigenvalue weighted by molar-refractivity contribution is -0.128. The Morgan fingerprint density at radius 3 is 2.18 bits per heavy atom. The summed E-state index contributed by atoms with van der Waals surface area (Å²) in [7, 11) is 0. The molecule has 6 heteroatoms. The molecule has 1 aromatic heterocycles. The van der Waals surface area contributed by atoms with Gasteiger partial charge in [0, 0.05) is 36.0 Å². The van der Waals surface area contributed by atoms with E-state index in [1.807, 2.05) is 90.8 Å². The molecule has 0 unspecified atom stereocenters. The molecular formula is C32H32N4O2. The largest absolute Gasteiger partial charge is 0.337 e. The number of aryl methyl sites for hydroxylation is 1. The molecule has 2 amide bonds. The zero-order valence-corrected chi connectivity index (χ0v) is 21.8. The molecule has 0 aliphatic carbocycles. The van der Waals surface area contributed by atoms with Gasteiger partial charge in [0.15, 0.2) is 0 Å². The number of hydrogen-bond acceptors (Lipinski definition) is 3. The molecule has 2 heterocycles. The Hall–Kier alpha value is -4.45. The van der Waals surface area contributed by atoms with Crippen molar-refractivity contribution in [1.82, 2.24) is 20.0 Å². The summed E-state index contributed by atoms with van der Waals surface area (Å²) in [6.45, 7) is 5.53. The second-order valence-corrected chi connectivity index (χ2v) is 9.93. The van der Waals surface area contributed by atoms with Gasteiger partial charge in [0.1, 0.15) is 11.4 Å². The van der Waals surface area contributed by atoms with E-state index in [4.69, 9.17) is 5.10 Å². The molecule has 1 aliphatic rings. The monoisotopic (exact) mass is 504 g/mol. The lowest BCUT2D eigenvalue weighted by Crippen LogP contribution is -2.42. The highest BCUT2D eigenvalue weighted by Crippen LogP contribution is 2.26. The van der Waals surface area contributed by atoms with Crippen LogP contribution in [0.1, 0.15) is 41.3 Å². The Morgan fingerprint density at radius 1 is 0.895 bits per heavy atom. The van der Waals surface area contributed by atoms with Crippen molar-refractivity contribution in [3.8, 4) is 16.9 Å². The Labute approximate surface area is 223 Å². The van der Waals surface area contributed by atoms with Crippen LogP contribution >= 0.6 is 0 Å². The second-order valence-electron chi connectivity index (χ2n) is 9.93. The molecule has 0 atom stereocenters. The van der Waals surface area contributed by atoms with E-state index in [9.17, 15) is 9.59 Å². The lowest BCUT2D eigenvalue weighted by atomic mass is 9.99. The molecule has 0 bridgehead atoms. The van der Waals surface area contributed by atoms with Crippen LogP contribution in [0.5, 0.6) is 0 Å². The minimum atomic E-state index is -0.313. The van der Waals surface area contributed by atoms with Gasteiger partial charge in [-0.2, -0.15) is 5.10 Å². The maximum Gasteiger partial charge on any atom is 0.270 e. The summed E-state index contributed by atoms with van der Waals surface area (Å²) in [6, 6.07) is 27.1. The highest BCUT2D eigenvalue weighted by Gasteiger charge is 2.25. The van der Waals surface area contributed by atoms with Crippen molar-refractivity contribution in [3.63, 3.8) is 0 Å². The number of rotatable bonds is 6. The molecule has 1 fully saturated rings. The lowest BCUT2D eigenvalue weighted by Gasteiger charge is -2.31. The number of carbonyl (C=O) groups excluding carboxylic acids is 2. The number of amides is 2. The fraction of sp³-hybridized carbons (Fsp3) is 0.219. The fourth-order valence-corrected chi connectivity index (χ4v) is 4.61. The van der Waals surface area contributed by atoms with Gasteiger partial charge < -0.3 is 10.2 Å². The van der Waals surface area contributed by atoms with Crippen molar-refractivity contribution in [1.29, 1.82) is 0 Å². The first kappa shape index (κ1) is 25.2. The average molecular weight is 505 g/mol. The fourth-order valence-electron chi connectivity index (χ4n) is 4.61. The molecule has 1 N–H and O–H groups in total. The van der Waals surface area contributed by atoms with Gasteiger partial charge in [0.2, 0.25) is 0 Å². The van der Waals surface area contributed by atoms with E-state index in [1.54, 1.807) is 22.9 Å². The number of hydrogen-bond donors (Lipinski definition) is 1. The van der Waals surface area contributed by atoms with Gasteiger partial charge in [-0.25, -0.2) is 4.68 Å². The maximum atomic E-state index is 13.8. The molecule has 0 radical (unpaired) electrons. The van der Waals surface area contributed by atoms with Crippen LogP contribution in [-0.4, -0.2) is 39.6 Å². The third-order valence-electron chi connectivity index (χ3n) is 6.97. The highest BCUT2D eigenvalue weighted by atomic mass is 16.2. The summed E-state index contributed by atoms with van der Waals surface area (Å²) in [5.41, 5.74) is 5.13. The van der Waals surface area contributed by atoms with Gasteiger partial charge in [-0.15, -0.1) is 0 Å². The molecule has 1 aliphatic heterocycles. The standard InChI is InChI=1S/C32H32N4O2/c1-23-13-15-26(16-14-23)31(37)33-29(32(38)35-19-17-24(2)18-20-35)21-27-22-36(28-11-7-4-8-12-28)34-30(27)25-9-5-3-6-10-25/h3-16,21-22,24H,17-20H2,1-2H3,(H,33,37). The number of benzene rings is 3. The summed E-state index contributed by atoms with van der Waals surface area (Å²) in [4.78, 5) is 28.8. The van der Waals surface area contributed by atoms with Crippen molar-refractivity contribution in [2.24, 2.45) is 5.92 Å². The molecule has 0 saturated carbocycles. The van der Waals surface area contributed by atoms with E-state index in [1.165, 1.54) is 0 Å². The van der Waals surface area contributed by atoms with Gasteiger partial charge in [-0.3, -0.25) is 9.59 Å². The van der Waals surface area contributed by atoms with Crippen LogP contribution in [0.25, 0.3) is 23.0 Å². The molecule has 6 nitrogen and oxygen atoms in total. The molecule has 192 valence electrons. The molecular weight excluding hydrogens is 472 g/mol. The molecule has 5 rings (SSSR count). The van der Waals surface area contributed by atoms with Crippen molar-refractivity contribution >= 4 is 17.9 Å². The summed E-state index contributed by atoms with van der Waals surface area (Å²) in [5, 5.41) is 7.80. The van der Waals surface area contributed by atoms with Crippen LogP contribution in [0.2, 0.25) is 0 Å². The summed E-state index contributed by atoms with van der Waals surface area (Å²) >= 11 is 0. The summed E-state index contributed by atoms with van der Waals surface area (Å²) in [5.74, 6) is 0.0953. The summed E-state index contributed by atoms with van der Waals surface area (Å²) < 4.78 is 1.81. The first-order valence-electron chi connectivity index (χ1n) is 13.1. The number of likely N-dealkylation sites (tertiary alicyclic amines) is 1. The van der Waals surface area contributed by atoms with E-state index >= 15 is 0 Å². The highest BCUT2D eigenvalue weighted by molar-refractivity contribution is 6.05. The van der Waals surface area contributed by atoms with Crippen molar-refractivity contribution < 1.29 is 9.59 Å². The van der Waals surface area contributed by atoms with Crippen LogP contribution in [0, 0.1) is 12.8 Å². The van der Waals surface area contributed by atoms with E-state index in [0.29, 0.717) is 24.6 Å². The van der Waals surface area contributed by atoms with Crippen LogP contribution < -0.4 is 5.32 Å². The number of carbonyl (C=O) groups is 2. The third kappa shape index (κ3) is 5.75. The van der Waals surface area contributed by atoms with Crippen molar-refractivity contribution in [2.45, 2.75) is 26.7 Å². The predicted molar refractivity (Wildman–Crippen MR) is 151 cm³/mol. The smallest absolute Gasteiger partial charge is 0.270 e. The van der Waals surface area contributed by atoms with E-state index in [0.717, 1.165) is 40.9 Å². The van der Waals surface area contributed by atoms with E-state index < -0.39 is 0 Å². The van der Waals surface area contributed by atoms with Crippen LogP contribution in [0.15, 0.2) is 96.8 Å². The predicted octanol–water partition coefficient (Wildman–Crippen LogP) is 5.88. The van der Waals surface area contributed by atoms with Crippen LogP contribution in [0.4, 0.5) is 0 Å². The zero-order chi connectivity index (χ0) is 26.5. The minimum absolute atomic E-state index is 0.177. The number of piperidine rings is 1. The third-order valence-corrected chi connectivity index (χ3v) is 6.97. The first-order valence-corrected chi connectivity index (χ1v) is 13.1. The SMILES string of the molecule is Cc1ccc(C(=O)NC(=Cc2cn(-c3ccccc3)nc2-c2ccccc2)C(=O)N2CCC(C)CC2)cc1. The normalized spacial score (nSPS) is 14.4. The van der Waals surface area contributed by atoms with E-state index in [-0.39, 0.29) is 17.5 Å². The number of nitrogens with one attached hydrogen (secondary N) is 1. The summed E-state index contributed by atoms with van der Waals surface area (Å²) in [6.07, 6.45) is 5.57. The van der Waals surface area contributed by atoms with Gasteiger partial charge in [0.05, 0.1) is 5.69 Å². The second kappa shape index (κ2) is 11.3. The van der Waals surface area contributed by atoms with Gasteiger partial charge in [0.25, 0.3) is 11.8 Å². The Kier molecular flexibility index (Phi) is 7.50. The maximum absolute atomic E-state index is 13.8. The Morgan fingerprint density at radius 2 is 1.53 bits per heavy atom. The zero-order valence-electron chi connectivity index (χ0n) is 21.8. The van der Waals surface area contributed by atoms with Crippen molar-refractivity contribution in [3.05, 3.63) is 114 Å². The number of nitrogens with zero attached hydrogens (tertiary/aromatic N) is 3. The first-order chi connectivity index (χ1) is 18.5. The molecule has 38 heavy (non-hydrogen) atoms. The van der Waals surface area contributed by atoms with Crippen LogP contribution in [-0.2, 0) is 4.79 Å². The topological polar surface area (TPSA) is 67.2 Å². The quantitative estimate of drug-likeness (QED) is 0.334. The van der Waals surface area contributed by atoms with Crippen molar-refractivity contribution in [2.75, 3.05) is 13.1 Å².